The molecule has 0 unspecified atom stereocenters. The quantitative estimate of drug-likeness (QED) is 0.659. The molecule has 0 aliphatic carbocycles. The lowest BCUT2D eigenvalue weighted by Gasteiger charge is -2.16. The molecule has 0 bridgehead atoms. The minimum atomic E-state index is -0.745. The van der Waals surface area contributed by atoms with Crippen molar-refractivity contribution >= 4 is 17.6 Å². The van der Waals surface area contributed by atoms with Crippen LogP contribution >= 0.6 is 0 Å². The van der Waals surface area contributed by atoms with Crippen LogP contribution in [0.15, 0.2) is 0 Å². The summed E-state index contributed by atoms with van der Waals surface area (Å²) in [7, 11) is 0. The topological polar surface area (TPSA) is 89.3 Å². The van der Waals surface area contributed by atoms with E-state index in [2.05, 4.69) is 5.32 Å². The van der Waals surface area contributed by atoms with Gasteiger partial charge in [0.15, 0.2) is 0 Å². The molecule has 0 saturated carbocycles. The van der Waals surface area contributed by atoms with Gasteiger partial charge in [0, 0.05) is 18.8 Å². The Morgan fingerprint density at radius 3 is 2.19 bits per heavy atom. The van der Waals surface area contributed by atoms with E-state index < -0.39 is 11.9 Å². The Labute approximate surface area is 95.8 Å². The van der Waals surface area contributed by atoms with E-state index in [1.54, 1.807) is 20.8 Å². The fourth-order valence-electron chi connectivity index (χ4n) is 1.11. The first-order chi connectivity index (χ1) is 7.38. The zero-order valence-electron chi connectivity index (χ0n) is 10.1. The minimum absolute atomic E-state index is 0.0602. The van der Waals surface area contributed by atoms with Crippen LogP contribution in [0.5, 0.6) is 0 Å². The number of primary amides is 1. The molecular weight excluding hydrogens is 208 g/mol. The van der Waals surface area contributed by atoms with Crippen molar-refractivity contribution in [1.29, 1.82) is 0 Å². The predicted octanol–water partition coefficient (Wildman–Crippen LogP) is 0.372. The van der Waals surface area contributed by atoms with Crippen molar-refractivity contribution in [1.82, 2.24) is 5.32 Å². The number of nitrogens with one attached hydrogen (secondary N) is 1. The second-order valence-corrected chi connectivity index (χ2v) is 4.05. The molecule has 1 atom stereocenters. The molecule has 3 N–H and O–H groups in total. The summed E-state index contributed by atoms with van der Waals surface area (Å²) in [6, 6.07) is -0.745. The minimum Gasteiger partial charge on any atom is -0.368 e. The summed E-state index contributed by atoms with van der Waals surface area (Å²) in [4.78, 5) is 33.5. The summed E-state index contributed by atoms with van der Waals surface area (Å²) in [5.41, 5.74) is 5.15. The number of ketones is 1. The zero-order valence-corrected chi connectivity index (χ0v) is 10.1. The van der Waals surface area contributed by atoms with Crippen LogP contribution in [0.2, 0.25) is 0 Å². The molecule has 5 heteroatoms. The predicted molar refractivity (Wildman–Crippen MR) is 60.5 cm³/mol. The summed E-state index contributed by atoms with van der Waals surface area (Å²) in [5, 5.41) is 2.53. The van der Waals surface area contributed by atoms with Gasteiger partial charge in [-0.25, -0.2) is 0 Å². The second kappa shape index (κ2) is 6.98. The molecule has 0 fully saturated rings. The van der Waals surface area contributed by atoms with Crippen molar-refractivity contribution in [3.05, 3.63) is 0 Å². The number of hydrogen-bond donors (Lipinski definition) is 2. The van der Waals surface area contributed by atoms with E-state index in [0.717, 1.165) is 0 Å². The molecule has 0 aromatic carbocycles. The lowest BCUT2D eigenvalue weighted by atomic mass is 10.1. The van der Waals surface area contributed by atoms with Crippen molar-refractivity contribution in [3.8, 4) is 0 Å². The van der Waals surface area contributed by atoms with E-state index in [-0.39, 0.29) is 30.4 Å². The van der Waals surface area contributed by atoms with Crippen molar-refractivity contribution in [2.45, 2.75) is 46.1 Å². The Morgan fingerprint density at radius 2 is 1.81 bits per heavy atom. The van der Waals surface area contributed by atoms with Gasteiger partial charge in [-0.2, -0.15) is 0 Å². The highest BCUT2D eigenvalue weighted by atomic mass is 16.2. The lowest BCUT2D eigenvalue weighted by Crippen LogP contribution is -2.46. The Balaban J connectivity index is 4.24. The monoisotopic (exact) mass is 228 g/mol. The number of hydrogen-bond acceptors (Lipinski definition) is 3. The average molecular weight is 228 g/mol. The third-order valence-corrected chi connectivity index (χ3v) is 2.29. The number of rotatable bonds is 7. The van der Waals surface area contributed by atoms with Gasteiger partial charge in [0.2, 0.25) is 11.8 Å². The number of amides is 2. The van der Waals surface area contributed by atoms with Gasteiger partial charge in [-0.15, -0.1) is 0 Å². The molecule has 0 radical (unpaired) electrons. The first kappa shape index (κ1) is 14.6. The molecule has 2 amide bonds. The summed E-state index contributed by atoms with van der Waals surface area (Å²) < 4.78 is 0. The van der Waals surface area contributed by atoms with Crippen molar-refractivity contribution < 1.29 is 14.4 Å². The van der Waals surface area contributed by atoms with Gasteiger partial charge in [0.05, 0.1) is 0 Å². The molecule has 0 spiro atoms. The van der Waals surface area contributed by atoms with Gasteiger partial charge >= 0.3 is 0 Å². The lowest BCUT2D eigenvalue weighted by molar-refractivity contribution is -0.129. The number of nitrogens with two attached hydrogens (primary N) is 1. The largest absolute Gasteiger partial charge is 0.368 e. The molecule has 0 rings (SSSR count). The van der Waals surface area contributed by atoms with Crippen molar-refractivity contribution in [2.75, 3.05) is 0 Å². The van der Waals surface area contributed by atoms with Crippen LogP contribution in [-0.4, -0.2) is 23.6 Å². The van der Waals surface area contributed by atoms with E-state index in [4.69, 9.17) is 5.73 Å². The van der Waals surface area contributed by atoms with Crippen LogP contribution in [0.3, 0.4) is 0 Å². The molecular formula is C11H20N2O3. The van der Waals surface area contributed by atoms with Gasteiger partial charge in [-0.3, -0.25) is 14.4 Å². The Morgan fingerprint density at radius 1 is 1.25 bits per heavy atom. The van der Waals surface area contributed by atoms with Crippen molar-refractivity contribution in [2.24, 2.45) is 11.7 Å². The molecule has 0 heterocycles. The maximum absolute atomic E-state index is 11.4. The van der Waals surface area contributed by atoms with E-state index in [1.807, 2.05) is 0 Å². The average Bonchev–Trinajstić information content (AvgIpc) is 2.22. The summed E-state index contributed by atoms with van der Waals surface area (Å²) in [5.74, 6) is -0.973. The van der Waals surface area contributed by atoms with Crippen LogP contribution in [-0.2, 0) is 14.4 Å². The van der Waals surface area contributed by atoms with E-state index in [9.17, 15) is 14.4 Å². The molecule has 0 aliphatic rings. The fraction of sp³-hybridized carbons (Fsp3) is 0.727. The van der Waals surface area contributed by atoms with E-state index >= 15 is 0 Å². The second-order valence-electron chi connectivity index (χ2n) is 4.05. The summed E-state index contributed by atoms with van der Waals surface area (Å²) in [6.07, 6.45) is 0.979. The third-order valence-electron chi connectivity index (χ3n) is 2.29. The highest BCUT2D eigenvalue weighted by molar-refractivity contribution is 5.88. The van der Waals surface area contributed by atoms with Crippen LogP contribution in [0.25, 0.3) is 0 Å². The smallest absolute Gasteiger partial charge is 0.240 e. The van der Waals surface area contributed by atoms with Gasteiger partial charge in [0.25, 0.3) is 0 Å². The first-order valence-corrected chi connectivity index (χ1v) is 5.49. The maximum Gasteiger partial charge on any atom is 0.240 e. The van der Waals surface area contributed by atoms with Crippen LogP contribution in [0.1, 0.15) is 40.0 Å². The van der Waals surface area contributed by atoms with Gasteiger partial charge in [0.1, 0.15) is 11.8 Å². The third kappa shape index (κ3) is 5.48. The van der Waals surface area contributed by atoms with Crippen LogP contribution in [0, 0.1) is 5.92 Å². The van der Waals surface area contributed by atoms with Gasteiger partial charge in [-0.05, 0) is 6.42 Å². The number of carbonyl (C=O) groups excluding carboxylic acids is 3. The SMILES string of the molecule is CCC(=O)CC[C@@H](NC(=O)C(C)C)C(N)=O. The number of carbonyl (C=O) groups is 3. The summed E-state index contributed by atoms with van der Waals surface area (Å²) >= 11 is 0. The Hall–Kier alpha value is -1.39. The van der Waals surface area contributed by atoms with Crippen LogP contribution in [0.4, 0.5) is 0 Å². The molecule has 0 aromatic heterocycles. The van der Waals surface area contributed by atoms with E-state index in [0.29, 0.717) is 6.42 Å². The molecule has 0 aromatic rings. The first-order valence-electron chi connectivity index (χ1n) is 5.49. The highest BCUT2D eigenvalue weighted by Gasteiger charge is 2.20. The maximum atomic E-state index is 11.4. The molecule has 0 aliphatic heterocycles. The highest BCUT2D eigenvalue weighted by Crippen LogP contribution is 2.02. The molecule has 92 valence electrons. The Kier molecular flexibility index (Phi) is 6.37. The van der Waals surface area contributed by atoms with E-state index in [1.165, 1.54) is 0 Å². The summed E-state index contributed by atoms with van der Waals surface area (Å²) in [6.45, 7) is 5.21. The van der Waals surface area contributed by atoms with Crippen LogP contribution < -0.4 is 11.1 Å². The van der Waals surface area contributed by atoms with Gasteiger partial charge in [-0.1, -0.05) is 20.8 Å². The molecule has 0 saturated heterocycles. The van der Waals surface area contributed by atoms with Gasteiger partial charge < -0.3 is 11.1 Å². The number of Topliss-reactive ketones (excluding diaryl/α,β-unsaturated/α-hetero) is 1. The normalized spacial score (nSPS) is 12.2. The molecule has 16 heavy (non-hydrogen) atoms. The van der Waals surface area contributed by atoms with Crippen molar-refractivity contribution in [3.63, 3.8) is 0 Å². The zero-order chi connectivity index (χ0) is 12.7. The Bertz CT molecular complexity index is 274. The standard InChI is InChI=1S/C11H20N2O3/c1-4-8(14)5-6-9(10(12)15)13-11(16)7(2)3/h7,9H,4-6H2,1-3H3,(H2,12,15)(H,13,16)/t9-/m1/s1. The fourth-order valence-corrected chi connectivity index (χ4v) is 1.11. The molecule has 5 nitrogen and oxygen atoms in total.